The number of carbonyl (C=O) groups is 1. The average Bonchev–Trinajstić information content (AvgIpc) is 2.23. The van der Waals surface area contributed by atoms with Gasteiger partial charge in [0.05, 0.1) is 18.3 Å². The van der Waals surface area contributed by atoms with Crippen LogP contribution in [0.2, 0.25) is 0 Å². The zero-order chi connectivity index (χ0) is 13.1. The van der Waals surface area contributed by atoms with Gasteiger partial charge in [0.1, 0.15) is 0 Å². The molecule has 1 aliphatic rings. The van der Waals surface area contributed by atoms with Crippen molar-refractivity contribution in [1.29, 1.82) is 0 Å². The third-order valence-electron chi connectivity index (χ3n) is 2.90. The topological polar surface area (TPSA) is 53.0 Å². The van der Waals surface area contributed by atoms with Gasteiger partial charge in [-0.2, -0.15) is 0 Å². The maximum atomic E-state index is 11.5. The molecule has 0 aromatic carbocycles. The van der Waals surface area contributed by atoms with Crippen molar-refractivity contribution in [2.24, 2.45) is 0 Å². The third-order valence-corrected chi connectivity index (χ3v) is 2.90. The van der Waals surface area contributed by atoms with E-state index in [4.69, 9.17) is 4.74 Å². The van der Waals surface area contributed by atoms with Crippen LogP contribution in [0.5, 0.6) is 0 Å². The van der Waals surface area contributed by atoms with Crippen molar-refractivity contribution in [3.63, 3.8) is 0 Å². The van der Waals surface area contributed by atoms with E-state index in [9.17, 15) is 9.90 Å². The number of rotatable bonds is 4. The highest BCUT2D eigenvalue weighted by molar-refractivity contribution is 5.75. The zero-order valence-electron chi connectivity index (χ0n) is 11.3. The van der Waals surface area contributed by atoms with Crippen LogP contribution in [0, 0.1) is 0 Å². The molecule has 0 radical (unpaired) electrons. The van der Waals surface area contributed by atoms with Crippen LogP contribution in [-0.4, -0.2) is 72.9 Å². The molecule has 0 aromatic heterocycles. The molecule has 17 heavy (non-hydrogen) atoms. The first-order valence-corrected chi connectivity index (χ1v) is 6.05. The van der Waals surface area contributed by atoms with Crippen LogP contribution in [0.4, 0.5) is 0 Å². The Morgan fingerprint density at radius 1 is 1.53 bits per heavy atom. The molecular formula is C12H24N2O3. The normalized spacial score (nSPS) is 24.6. The van der Waals surface area contributed by atoms with Gasteiger partial charge in [-0.1, -0.05) is 0 Å². The van der Waals surface area contributed by atoms with Crippen LogP contribution >= 0.6 is 0 Å². The number of ether oxygens (including phenoxy) is 1. The van der Waals surface area contributed by atoms with Gasteiger partial charge in [-0.15, -0.1) is 0 Å². The minimum Gasteiger partial charge on any atom is -0.394 e. The fourth-order valence-electron chi connectivity index (χ4n) is 2.16. The number of aliphatic hydroxyl groups is 1. The fourth-order valence-corrected chi connectivity index (χ4v) is 2.16. The van der Waals surface area contributed by atoms with E-state index in [1.54, 1.807) is 19.0 Å². The molecule has 0 spiro atoms. The van der Waals surface area contributed by atoms with Gasteiger partial charge in [0, 0.05) is 40.2 Å². The first-order valence-electron chi connectivity index (χ1n) is 6.05. The highest BCUT2D eigenvalue weighted by Gasteiger charge is 2.32. The molecule has 1 saturated heterocycles. The number of carbonyl (C=O) groups excluding carboxylic acids is 1. The second-order valence-corrected chi connectivity index (χ2v) is 5.46. The minimum atomic E-state index is -0.257. The van der Waals surface area contributed by atoms with E-state index in [0.29, 0.717) is 13.0 Å². The van der Waals surface area contributed by atoms with Gasteiger partial charge in [-0.05, 0) is 13.8 Å². The predicted molar refractivity (Wildman–Crippen MR) is 65.8 cm³/mol. The Balaban J connectivity index is 2.45. The molecule has 1 rings (SSSR count). The minimum absolute atomic E-state index is 0.0293. The number of hydrogen-bond acceptors (Lipinski definition) is 4. The zero-order valence-corrected chi connectivity index (χ0v) is 11.3. The Bertz CT molecular complexity index is 266. The number of nitrogens with zero attached hydrogens (tertiary/aromatic N) is 2. The second kappa shape index (κ2) is 5.80. The Hall–Kier alpha value is -0.650. The van der Waals surface area contributed by atoms with Gasteiger partial charge in [0.25, 0.3) is 0 Å². The molecule has 1 fully saturated rings. The quantitative estimate of drug-likeness (QED) is 0.752. The molecule has 5 nitrogen and oxygen atoms in total. The molecule has 1 heterocycles. The van der Waals surface area contributed by atoms with Crippen molar-refractivity contribution < 1.29 is 14.6 Å². The highest BCUT2D eigenvalue weighted by atomic mass is 16.5. The summed E-state index contributed by atoms with van der Waals surface area (Å²) < 4.78 is 5.72. The molecule has 0 aromatic rings. The fraction of sp³-hybridized carbons (Fsp3) is 0.917. The van der Waals surface area contributed by atoms with Gasteiger partial charge < -0.3 is 14.7 Å². The van der Waals surface area contributed by atoms with Crippen molar-refractivity contribution in [3.05, 3.63) is 0 Å². The molecule has 1 aliphatic heterocycles. The van der Waals surface area contributed by atoms with Crippen LogP contribution in [0.25, 0.3) is 0 Å². The van der Waals surface area contributed by atoms with Crippen molar-refractivity contribution >= 4 is 5.91 Å². The van der Waals surface area contributed by atoms with Gasteiger partial charge >= 0.3 is 0 Å². The highest BCUT2D eigenvalue weighted by Crippen LogP contribution is 2.20. The summed E-state index contributed by atoms with van der Waals surface area (Å²) in [5, 5.41) is 9.18. The number of aliphatic hydroxyl groups excluding tert-OH is 1. The van der Waals surface area contributed by atoms with Gasteiger partial charge in [0.15, 0.2) is 0 Å². The summed E-state index contributed by atoms with van der Waals surface area (Å²) in [5.74, 6) is 0.134. The Morgan fingerprint density at radius 2 is 2.18 bits per heavy atom. The van der Waals surface area contributed by atoms with Gasteiger partial charge in [-0.25, -0.2) is 0 Å². The van der Waals surface area contributed by atoms with Gasteiger partial charge in [-0.3, -0.25) is 9.69 Å². The lowest BCUT2D eigenvalue weighted by molar-refractivity contribution is -0.151. The van der Waals surface area contributed by atoms with Crippen molar-refractivity contribution in [2.75, 3.05) is 40.3 Å². The molecule has 0 bridgehead atoms. The van der Waals surface area contributed by atoms with Gasteiger partial charge in [0.2, 0.25) is 5.91 Å². The molecule has 1 atom stereocenters. The summed E-state index contributed by atoms with van der Waals surface area (Å²) in [5.41, 5.74) is -0.257. The molecule has 1 amide bonds. The average molecular weight is 244 g/mol. The first kappa shape index (κ1) is 14.4. The lowest BCUT2D eigenvalue weighted by Gasteiger charge is -2.42. The first-order chi connectivity index (χ1) is 7.84. The third kappa shape index (κ3) is 4.61. The molecule has 0 aliphatic carbocycles. The van der Waals surface area contributed by atoms with Crippen molar-refractivity contribution in [1.82, 2.24) is 9.80 Å². The summed E-state index contributed by atoms with van der Waals surface area (Å²) in [6.45, 7) is 6.26. The smallest absolute Gasteiger partial charge is 0.223 e. The second-order valence-electron chi connectivity index (χ2n) is 5.46. The van der Waals surface area contributed by atoms with E-state index in [1.807, 2.05) is 13.8 Å². The summed E-state index contributed by atoms with van der Waals surface area (Å²) in [7, 11) is 3.53. The van der Waals surface area contributed by atoms with Crippen LogP contribution in [0.3, 0.4) is 0 Å². The maximum Gasteiger partial charge on any atom is 0.223 e. The summed E-state index contributed by atoms with van der Waals surface area (Å²) in [6, 6.07) is 0. The molecular weight excluding hydrogens is 220 g/mol. The Morgan fingerprint density at radius 3 is 2.71 bits per heavy atom. The lowest BCUT2D eigenvalue weighted by Crippen LogP contribution is -2.54. The van der Waals surface area contributed by atoms with Crippen LogP contribution < -0.4 is 0 Å². The van der Waals surface area contributed by atoms with Crippen LogP contribution in [0.15, 0.2) is 0 Å². The van der Waals surface area contributed by atoms with Crippen LogP contribution in [0.1, 0.15) is 20.3 Å². The van der Waals surface area contributed by atoms with Crippen molar-refractivity contribution in [2.45, 2.75) is 32.0 Å². The molecule has 5 heteroatoms. The Kier molecular flexibility index (Phi) is 4.91. The van der Waals surface area contributed by atoms with E-state index in [-0.39, 0.29) is 24.2 Å². The summed E-state index contributed by atoms with van der Waals surface area (Å²) in [6.07, 6.45) is 0.370. The molecule has 0 saturated carbocycles. The lowest BCUT2D eigenvalue weighted by atomic mass is 10.1. The SMILES string of the molecule is CN(C)C(=O)CCN1CC(CO)OC(C)(C)C1. The van der Waals surface area contributed by atoms with E-state index >= 15 is 0 Å². The van der Waals surface area contributed by atoms with E-state index in [2.05, 4.69) is 4.90 Å². The standard InChI is InChI=1S/C12H24N2O3/c1-12(2)9-14(7-10(8-15)17-12)6-5-11(16)13(3)4/h10,15H,5-9H2,1-4H3. The predicted octanol–water partition coefficient (Wildman–Crippen LogP) is -0.0636. The van der Waals surface area contributed by atoms with E-state index in [0.717, 1.165) is 13.1 Å². The number of hydrogen-bond donors (Lipinski definition) is 1. The summed E-state index contributed by atoms with van der Waals surface area (Å²) >= 11 is 0. The number of morpholine rings is 1. The molecule has 1 unspecified atom stereocenters. The molecule has 1 N–H and O–H groups in total. The number of amides is 1. The monoisotopic (exact) mass is 244 g/mol. The maximum absolute atomic E-state index is 11.5. The van der Waals surface area contributed by atoms with E-state index in [1.165, 1.54) is 0 Å². The Labute approximate surface area is 103 Å². The van der Waals surface area contributed by atoms with Crippen LogP contribution in [-0.2, 0) is 9.53 Å². The largest absolute Gasteiger partial charge is 0.394 e. The van der Waals surface area contributed by atoms with Crippen molar-refractivity contribution in [3.8, 4) is 0 Å². The summed E-state index contributed by atoms with van der Waals surface area (Å²) in [4.78, 5) is 15.3. The molecule has 100 valence electrons. The van der Waals surface area contributed by atoms with E-state index < -0.39 is 0 Å².